The summed E-state index contributed by atoms with van der Waals surface area (Å²) in [4.78, 5) is 16.2. The highest BCUT2D eigenvalue weighted by molar-refractivity contribution is 7.98. The molecule has 0 spiro atoms. The van der Waals surface area contributed by atoms with Crippen molar-refractivity contribution >= 4 is 17.7 Å². The first-order chi connectivity index (χ1) is 12.8. The monoisotopic (exact) mass is 382 g/mol. The van der Waals surface area contributed by atoms with Gasteiger partial charge in [-0.3, -0.25) is 4.79 Å². The van der Waals surface area contributed by atoms with Crippen LogP contribution in [0.2, 0.25) is 0 Å². The van der Waals surface area contributed by atoms with Crippen molar-refractivity contribution in [3.63, 3.8) is 0 Å². The van der Waals surface area contributed by atoms with Gasteiger partial charge in [0.15, 0.2) is 0 Å². The molecule has 2 aromatic rings. The Morgan fingerprint density at radius 2 is 2.00 bits per heavy atom. The van der Waals surface area contributed by atoms with Crippen LogP contribution in [0, 0.1) is 19.3 Å². The topological polar surface area (TPSA) is 46.3 Å². The third kappa shape index (κ3) is 4.74. The average molecular weight is 383 g/mol. The summed E-state index contributed by atoms with van der Waals surface area (Å²) in [5.41, 5.74) is 10.7. The van der Waals surface area contributed by atoms with Gasteiger partial charge in [-0.25, -0.2) is 0 Å². The Morgan fingerprint density at radius 1 is 1.22 bits per heavy atom. The van der Waals surface area contributed by atoms with E-state index in [1.54, 1.807) is 0 Å². The van der Waals surface area contributed by atoms with E-state index in [-0.39, 0.29) is 17.4 Å². The second kappa shape index (κ2) is 8.07. The Hall–Kier alpha value is -1.78. The molecule has 1 fully saturated rings. The van der Waals surface area contributed by atoms with Crippen molar-refractivity contribution in [3.05, 3.63) is 64.7 Å². The van der Waals surface area contributed by atoms with Crippen LogP contribution in [0.3, 0.4) is 0 Å². The SMILES string of the molecule is Cc1ccc(SCc2cccc(C(=O)N3CCC(N)C(C)(C)C3)c2)c(C)c1. The van der Waals surface area contributed by atoms with E-state index in [0.717, 1.165) is 24.3 Å². The van der Waals surface area contributed by atoms with Crippen molar-refractivity contribution in [2.75, 3.05) is 13.1 Å². The van der Waals surface area contributed by atoms with E-state index < -0.39 is 0 Å². The predicted molar refractivity (Wildman–Crippen MR) is 114 cm³/mol. The molecular formula is C23H30N2OS. The van der Waals surface area contributed by atoms with E-state index in [2.05, 4.69) is 52.0 Å². The van der Waals surface area contributed by atoms with Crippen LogP contribution in [0.5, 0.6) is 0 Å². The van der Waals surface area contributed by atoms with Crippen LogP contribution in [0.1, 0.15) is 47.3 Å². The third-order valence-electron chi connectivity index (χ3n) is 5.50. The molecule has 0 aromatic heterocycles. The second-order valence-electron chi connectivity index (χ2n) is 8.37. The Bertz CT molecular complexity index is 831. The molecule has 0 bridgehead atoms. The van der Waals surface area contributed by atoms with Crippen molar-refractivity contribution in [2.24, 2.45) is 11.1 Å². The highest BCUT2D eigenvalue weighted by Crippen LogP contribution is 2.30. The molecule has 3 rings (SSSR count). The summed E-state index contributed by atoms with van der Waals surface area (Å²) < 4.78 is 0. The molecule has 0 aliphatic carbocycles. The van der Waals surface area contributed by atoms with Crippen molar-refractivity contribution in [1.82, 2.24) is 4.90 Å². The molecule has 1 heterocycles. The van der Waals surface area contributed by atoms with Crippen LogP contribution in [-0.4, -0.2) is 29.9 Å². The molecule has 1 amide bonds. The summed E-state index contributed by atoms with van der Waals surface area (Å²) in [6.45, 7) is 10.0. The number of piperidine rings is 1. The van der Waals surface area contributed by atoms with E-state index in [9.17, 15) is 4.79 Å². The highest BCUT2D eigenvalue weighted by atomic mass is 32.2. The van der Waals surface area contributed by atoms with Crippen molar-refractivity contribution in [2.45, 2.75) is 50.8 Å². The van der Waals surface area contributed by atoms with Gasteiger partial charge in [-0.1, -0.05) is 43.7 Å². The van der Waals surface area contributed by atoms with Crippen molar-refractivity contribution in [1.29, 1.82) is 0 Å². The van der Waals surface area contributed by atoms with Gasteiger partial charge < -0.3 is 10.6 Å². The van der Waals surface area contributed by atoms with Gasteiger partial charge in [0.1, 0.15) is 0 Å². The van der Waals surface area contributed by atoms with Gasteiger partial charge >= 0.3 is 0 Å². The molecule has 27 heavy (non-hydrogen) atoms. The van der Waals surface area contributed by atoms with Crippen LogP contribution >= 0.6 is 11.8 Å². The van der Waals surface area contributed by atoms with Crippen LogP contribution in [0.15, 0.2) is 47.4 Å². The van der Waals surface area contributed by atoms with Crippen LogP contribution in [0.4, 0.5) is 0 Å². The van der Waals surface area contributed by atoms with Gasteiger partial charge in [0.25, 0.3) is 5.91 Å². The van der Waals surface area contributed by atoms with Gasteiger partial charge in [0, 0.05) is 35.3 Å². The van der Waals surface area contributed by atoms with Crippen LogP contribution < -0.4 is 5.73 Å². The summed E-state index contributed by atoms with van der Waals surface area (Å²) >= 11 is 1.82. The number of benzene rings is 2. The molecule has 144 valence electrons. The Morgan fingerprint density at radius 3 is 2.70 bits per heavy atom. The smallest absolute Gasteiger partial charge is 0.253 e. The van der Waals surface area contributed by atoms with E-state index in [1.807, 2.05) is 34.9 Å². The maximum atomic E-state index is 13.0. The fourth-order valence-corrected chi connectivity index (χ4v) is 4.60. The van der Waals surface area contributed by atoms with Crippen molar-refractivity contribution in [3.8, 4) is 0 Å². The Kier molecular flexibility index (Phi) is 5.97. The zero-order valence-corrected chi connectivity index (χ0v) is 17.6. The molecule has 1 atom stereocenters. The number of hydrogen-bond acceptors (Lipinski definition) is 3. The summed E-state index contributed by atoms with van der Waals surface area (Å²) in [6, 6.07) is 14.8. The quantitative estimate of drug-likeness (QED) is 0.773. The van der Waals surface area contributed by atoms with E-state index >= 15 is 0 Å². The number of carbonyl (C=O) groups is 1. The molecule has 1 saturated heterocycles. The largest absolute Gasteiger partial charge is 0.338 e. The van der Waals surface area contributed by atoms with Gasteiger partial charge in [-0.15, -0.1) is 11.8 Å². The summed E-state index contributed by atoms with van der Waals surface area (Å²) in [5, 5.41) is 0. The van der Waals surface area contributed by atoms with Gasteiger partial charge in [0.05, 0.1) is 0 Å². The van der Waals surface area contributed by atoms with E-state index in [1.165, 1.54) is 21.6 Å². The second-order valence-corrected chi connectivity index (χ2v) is 9.39. The number of nitrogens with two attached hydrogens (primary N) is 1. The molecular weight excluding hydrogens is 352 g/mol. The first-order valence-electron chi connectivity index (χ1n) is 9.60. The lowest BCUT2D eigenvalue weighted by molar-refractivity contribution is 0.0533. The van der Waals surface area contributed by atoms with E-state index in [4.69, 9.17) is 5.73 Å². The molecule has 0 radical (unpaired) electrons. The zero-order chi connectivity index (χ0) is 19.6. The first-order valence-corrected chi connectivity index (χ1v) is 10.6. The standard InChI is InChI=1S/C23H30N2OS/c1-16-8-9-20(17(2)12-16)27-14-18-6-5-7-19(13-18)22(26)25-11-10-21(24)23(3,4)15-25/h5-9,12-13,21H,10-11,14-15,24H2,1-4H3. The van der Waals surface area contributed by atoms with E-state index in [0.29, 0.717) is 6.54 Å². The normalized spacial score (nSPS) is 19.1. The Balaban J connectivity index is 1.69. The first kappa shape index (κ1) is 20.0. The lowest BCUT2D eigenvalue weighted by atomic mass is 9.79. The summed E-state index contributed by atoms with van der Waals surface area (Å²) in [7, 11) is 0. The molecule has 3 nitrogen and oxygen atoms in total. The van der Waals surface area contributed by atoms with Gasteiger partial charge in [-0.2, -0.15) is 0 Å². The number of thioether (sulfide) groups is 1. The third-order valence-corrected chi connectivity index (χ3v) is 6.74. The van der Waals surface area contributed by atoms with Crippen LogP contribution in [0.25, 0.3) is 0 Å². The highest BCUT2D eigenvalue weighted by Gasteiger charge is 2.35. The molecule has 0 saturated carbocycles. The fourth-order valence-electron chi connectivity index (χ4n) is 3.65. The predicted octanol–water partition coefficient (Wildman–Crippen LogP) is 4.80. The molecule has 1 aliphatic rings. The number of carbonyl (C=O) groups excluding carboxylic acids is 1. The number of hydrogen-bond donors (Lipinski definition) is 1. The maximum absolute atomic E-state index is 13.0. The average Bonchev–Trinajstić information content (AvgIpc) is 2.63. The fraction of sp³-hybridized carbons (Fsp3) is 0.435. The number of rotatable bonds is 4. The molecule has 4 heteroatoms. The van der Waals surface area contributed by atoms with Gasteiger partial charge in [-0.05, 0) is 55.0 Å². The zero-order valence-electron chi connectivity index (χ0n) is 16.8. The molecule has 1 aliphatic heterocycles. The minimum Gasteiger partial charge on any atom is -0.338 e. The lowest BCUT2D eigenvalue weighted by Crippen LogP contribution is -2.54. The molecule has 2 aromatic carbocycles. The summed E-state index contributed by atoms with van der Waals surface area (Å²) in [6.07, 6.45) is 0.862. The number of nitrogens with zero attached hydrogens (tertiary/aromatic N) is 1. The Labute approximate surface area is 167 Å². The lowest BCUT2D eigenvalue weighted by Gasteiger charge is -2.42. The number of amides is 1. The number of aryl methyl sites for hydroxylation is 2. The molecule has 1 unspecified atom stereocenters. The minimum atomic E-state index is -0.0374. The molecule has 2 N–H and O–H groups in total. The number of likely N-dealkylation sites (tertiary alicyclic amines) is 1. The van der Waals surface area contributed by atoms with Crippen LogP contribution in [-0.2, 0) is 5.75 Å². The van der Waals surface area contributed by atoms with Crippen molar-refractivity contribution < 1.29 is 4.79 Å². The van der Waals surface area contributed by atoms with Gasteiger partial charge in [0.2, 0.25) is 0 Å². The summed E-state index contributed by atoms with van der Waals surface area (Å²) in [5.74, 6) is 0.981. The minimum absolute atomic E-state index is 0.0374. The maximum Gasteiger partial charge on any atom is 0.253 e.